The summed E-state index contributed by atoms with van der Waals surface area (Å²) in [6.45, 7) is 3.46. The third kappa shape index (κ3) is 5.95. The average molecular weight is 479 g/mol. The largest absolute Gasteiger partial charge is 0.372 e. The van der Waals surface area contributed by atoms with Gasteiger partial charge in [-0.15, -0.1) is 0 Å². The molecule has 7 heteroatoms. The molecule has 34 heavy (non-hydrogen) atoms. The fourth-order valence-electron chi connectivity index (χ4n) is 4.64. The molecule has 0 atom stereocenters. The number of benzene rings is 2. The number of carbonyl (C=O) groups is 1. The molecule has 6 nitrogen and oxygen atoms in total. The number of nitrogens with zero attached hydrogens (tertiary/aromatic N) is 3. The van der Waals surface area contributed by atoms with Crippen molar-refractivity contribution in [2.75, 3.05) is 25.0 Å². The number of rotatable bonds is 9. The number of hydrogen-bond donors (Lipinski definition) is 1. The number of para-hydroxylation sites is 1. The zero-order valence-corrected chi connectivity index (χ0v) is 20.8. The van der Waals surface area contributed by atoms with Crippen LogP contribution in [0.25, 0.3) is 10.9 Å². The Hall–Kier alpha value is -2.93. The summed E-state index contributed by atoms with van der Waals surface area (Å²) in [5.41, 5.74) is 3.15. The fraction of sp³-hybridized carbons (Fsp3) is 0.444. The molecule has 0 saturated carbocycles. The summed E-state index contributed by atoms with van der Waals surface area (Å²) in [6, 6.07) is 16.1. The van der Waals surface area contributed by atoms with E-state index in [0.29, 0.717) is 29.7 Å². The molecule has 0 unspecified atom stereocenters. The number of amides is 1. The first kappa shape index (κ1) is 24.2. The molecule has 180 valence electrons. The molecule has 1 aromatic heterocycles. The van der Waals surface area contributed by atoms with Gasteiger partial charge in [0.25, 0.3) is 5.56 Å². The van der Waals surface area contributed by atoms with Crippen LogP contribution in [0.3, 0.4) is 0 Å². The highest BCUT2D eigenvalue weighted by Gasteiger charge is 2.12. The number of carbonyl (C=O) groups excluding carboxylic acids is 1. The molecule has 1 amide bonds. The number of fused-ring (bicyclic) bond motifs is 1. The van der Waals surface area contributed by atoms with Crippen LogP contribution in [0, 0.1) is 4.77 Å². The molecule has 1 aliphatic rings. The Morgan fingerprint density at radius 1 is 1.00 bits per heavy atom. The molecular weight excluding hydrogens is 444 g/mol. The number of H-pyrrole nitrogens is 1. The van der Waals surface area contributed by atoms with E-state index in [-0.39, 0.29) is 11.5 Å². The average Bonchev–Trinajstić information content (AvgIpc) is 2.86. The molecule has 1 N–H and O–H groups in total. The van der Waals surface area contributed by atoms with E-state index in [2.05, 4.69) is 34.1 Å². The van der Waals surface area contributed by atoms with E-state index in [1.165, 1.54) is 24.9 Å². The number of nitrogens with one attached hydrogen (secondary N) is 1. The Morgan fingerprint density at radius 2 is 1.74 bits per heavy atom. The SMILES string of the molecule is CN(Cc1ccc(N2CCCCC2)cc1)C(=O)CCCCCn1c(=S)[nH]c2ccccc2c1=O. The highest BCUT2D eigenvalue weighted by atomic mass is 32.1. The van der Waals surface area contributed by atoms with Gasteiger partial charge in [-0.2, -0.15) is 0 Å². The zero-order valence-electron chi connectivity index (χ0n) is 20.0. The molecule has 1 fully saturated rings. The highest BCUT2D eigenvalue weighted by Crippen LogP contribution is 2.20. The van der Waals surface area contributed by atoms with E-state index in [0.717, 1.165) is 43.4 Å². The quantitative estimate of drug-likeness (QED) is 0.336. The van der Waals surface area contributed by atoms with E-state index in [1.807, 2.05) is 31.3 Å². The summed E-state index contributed by atoms with van der Waals surface area (Å²) in [4.78, 5) is 32.7. The third-order valence-corrected chi connectivity index (χ3v) is 6.99. The Labute approximate surface area is 206 Å². The maximum Gasteiger partial charge on any atom is 0.262 e. The van der Waals surface area contributed by atoms with Crippen molar-refractivity contribution in [2.45, 2.75) is 58.0 Å². The molecule has 1 saturated heterocycles. The van der Waals surface area contributed by atoms with Crippen LogP contribution >= 0.6 is 12.2 Å². The zero-order chi connectivity index (χ0) is 23.9. The second kappa shape index (κ2) is 11.5. The number of aromatic nitrogens is 2. The molecule has 0 bridgehead atoms. The third-order valence-electron chi connectivity index (χ3n) is 6.66. The van der Waals surface area contributed by atoms with Crippen LogP contribution in [0.5, 0.6) is 0 Å². The second-order valence-corrected chi connectivity index (χ2v) is 9.59. The van der Waals surface area contributed by atoms with E-state index < -0.39 is 0 Å². The van der Waals surface area contributed by atoms with Gasteiger partial charge in [0.1, 0.15) is 0 Å². The number of hydrogen-bond acceptors (Lipinski definition) is 4. The van der Waals surface area contributed by atoms with Crippen molar-refractivity contribution < 1.29 is 4.79 Å². The fourth-order valence-corrected chi connectivity index (χ4v) is 4.93. The number of unbranched alkanes of at least 4 members (excludes halogenated alkanes) is 2. The van der Waals surface area contributed by atoms with Crippen molar-refractivity contribution in [1.29, 1.82) is 0 Å². The van der Waals surface area contributed by atoms with Gasteiger partial charge in [0.2, 0.25) is 5.91 Å². The smallest absolute Gasteiger partial charge is 0.262 e. The van der Waals surface area contributed by atoms with E-state index in [4.69, 9.17) is 12.2 Å². The Kier molecular flexibility index (Phi) is 8.16. The Morgan fingerprint density at radius 3 is 2.50 bits per heavy atom. The van der Waals surface area contributed by atoms with Gasteiger partial charge in [-0.1, -0.05) is 30.7 Å². The first-order valence-electron chi connectivity index (χ1n) is 12.3. The molecule has 3 aromatic rings. The molecule has 0 radical (unpaired) electrons. The number of anilines is 1. The number of aromatic amines is 1. The van der Waals surface area contributed by atoms with Gasteiger partial charge in [0.15, 0.2) is 4.77 Å². The minimum Gasteiger partial charge on any atom is -0.372 e. The summed E-state index contributed by atoms with van der Waals surface area (Å²) < 4.78 is 2.07. The molecule has 2 heterocycles. The minimum atomic E-state index is -0.0542. The molecule has 2 aromatic carbocycles. The van der Waals surface area contributed by atoms with Crippen LogP contribution in [-0.4, -0.2) is 40.5 Å². The number of piperidine rings is 1. The van der Waals surface area contributed by atoms with Gasteiger partial charge < -0.3 is 14.8 Å². The Bertz CT molecular complexity index is 1230. The summed E-state index contributed by atoms with van der Waals surface area (Å²) in [7, 11) is 1.87. The molecule has 4 rings (SSSR count). The lowest BCUT2D eigenvalue weighted by atomic mass is 10.1. The van der Waals surface area contributed by atoms with Crippen LogP contribution in [0.15, 0.2) is 53.3 Å². The topological polar surface area (TPSA) is 61.3 Å². The highest BCUT2D eigenvalue weighted by molar-refractivity contribution is 7.71. The lowest BCUT2D eigenvalue weighted by Crippen LogP contribution is -2.29. The van der Waals surface area contributed by atoms with Gasteiger partial charge in [-0.25, -0.2) is 0 Å². The molecular formula is C27H34N4O2S. The Balaban J connectivity index is 1.21. The van der Waals surface area contributed by atoms with E-state index >= 15 is 0 Å². The van der Waals surface area contributed by atoms with Crippen LogP contribution in [0.4, 0.5) is 5.69 Å². The monoisotopic (exact) mass is 478 g/mol. The lowest BCUT2D eigenvalue weighted by Gasteiger charge is -2.29. The van der Waals surface area contributed by atoms with Crippen molar-refractivity contribution in [2.24, 2.45) is 0 Å². The summed E-state index contributed by atoms with van der Waals surface area (Å²) >= 11 is 5.37. The first-order chi connectivity index (χ1) is 16.5. The van der Waals surface area contributed by atoms with Crippen LogP contribution < -0.4 is 10.5 Å². The maximum absolute atomic E-state index is 12.7. The molecule has 0 spiro atoms. The van der Waals surface area contributed by atoms with Crippen molar-refractivity contribution in [1.82, 2.24) is 14.5 Å². The standard InChI is InChI=1S/C27H34N4O2S/c1-29(20-21-13-15-22(16-14-21)30-17-7-3-8-18-30)25(32)12-4-2-9-19-31-26(33)23-10-5-6-11-24(23)28-27(31)34/h5-6,10-11,13-16H,2-4,7-9,12,17-20H2,1H3,(H,28,34). The minimum absolute atomic E-state index is 0.0542. The van der Waals surface area contributed by atoms with Gasteiger partial charge in [-0.3, -0.25) is 14.2 Å². The second-order valence-electron chi connectivity index (χ2n) is 9.21. The van der Waals surface area contributed by atoms with E-state index in [9.17, 15) is 9.59 Å². The predicted molar refractivity (Wildman–Crippen MR) is 141 cm³/mol. The first-order valence-corrected chi connectivity index (χ1v) is 12.7. The van der Waals surface area contributed by atoms with Crippen molar-refractivity contribution in [3.8, 4) is 0 Å². The van der Waals surface area contributed by atoms with Crippen molar-refractivity contribution in [3.63, 3.8) is 0 Å². The maximum atomic E-state index is 12.7. The van der Waals surface area contributed by atoms with Crippen molar-refractivity contribution in [3.05, 3.63) is 69.2 Å². The predicted octanol–water partition coefficient (Wildman–Crippen LogP) is 5.27. The van der Waals surface area contributed by atoms with Crippen LogP contribution in [0.1, 0.15) is 50.5 Å². The van der Waals surface area contributed by atoms with Crippen molar-refractivity contribution >= 4 is 34.7 Å². The van der Waals surface area contributed by atoms with Gasteiger partial charge in [0.05, 0.1) is 10.9 Å². The van der Waals surface area contributed by atoms with Crippen LogP contribution in [0.2, 0.25) is 0 Å². The molecule has 0 aliphatic carbocycles. The van der Waals surface area contributed by atoms with Gasteiger partial charge in [0, 0.05) is 45.3 Å². The van der Waals surface area contributed by atoms with Gasteiger partial charge in [-0.05, 0) is 74.2 Å². The normalized spacial score (nSPS) is 13.9. The summed E-state index contributed by atoms with van der Waals surface area (Å²) in [5.74, 6) is 0.153. The molecule has 1 aliphatic heterocycles. The summed E-state index contributed by atoms with van der Waals surface area (Å²) in [5, 5.41) is 0.650. The van der Waals surface area contributed by atoms with Crippen LogP contribution in [-0.2, 0) is 17.9 Å². The van der Waals surface area contributed by atoms with E-state index in [1.54, 1.807) is 9.47 Å². The van der Waals surface area contributed by atoms with Gasteiger partial charge >= 0.3 is 0 Å². The lowest BCUT2D eigenvalue weighted by molar-refractivity contribution is -0.130. The summed E-state index contributed by atoms with van der Waals surface area (Å²) in [6.07, 6.45) is 6.87.